The maximum Gasteiger partial charge on any atom is 0.255 e. The van der Waals surface area contributed by atoms with Crippen molar-refractivity contribution in [2.45, 2.75) is 13.8 Å². The lowest BCUT2D eigenvalue weighted by Gasteiger charge is -2.20. The minimum atomic E-state index is -0.284. The van der Waals surface area contributed by atoms with Gasteiger partial charge in [0.2, 0.25) is 0 Å². The highest BCUT2D eigenvalue weighted by Gasteiger charge is 2.18. The third kappa shape index (κ3) is 3.93. The van der Waals surface area contributed by atoms with E-state index >= 15 is 0 Å². The van der Waals surface area contributed by atoms with Crippen LogP contribution >= 0.6 is 0 Å². The molecule has 0 unspecified atom stereocenters. The molecule has 0 spiro atoms. The Morgan fingerprint density at radius 2 is 1.75 bits per heavy atom. The van der Waals surface area contributed by atoms with Gasteiger partial charge in [-0.05, 0) is 44.2 Å². The van der Waals surface area contributed by atoms with Crippen LogP contribution in [0.5, 0.6) is 5.75 Å². The fourth-order valence-electron chi connectivity index (χ4n) is 2.42. The number of para-hydroxylation sites is 1. The Bertz CT molecular complexity index is 724. The van der Waals surface area contributed by atoms with Crippen LogP contribution in [0.4, 0.5) is 5.69 Å². The summed E-state index contributed by atoms with van der Waals surface area (Å²) in [7, 11) is 1.55. The zero-order valence-corrected chi connectivity index (χ0v) is 14.2. The fourth-order valence-corrected chi connectivity index (χ4v) is 2.42. The van der Waals surface area contributed by atoms with Crippen LogP contribution in [0.1, 0.15) is 34.6 Å². The van der Waals surface area contributed by atoms with Gasteiger partial charge in [0.05, 0.1) is 18.4 Å². The van der Waals surface area contributed by atoms with Crippen LogP contribution in [0.3, 0.4) is 0 Å². The van der Waals surface area contributed by atoms with E-state index in [1.54, 1.807) is 60.5 Å². The van der Waals surface area contributed by atoms with Gasteiger partial charge in [-0.3, -0.25) is 9.59 Å². The summed E-state index contributed by atoms with van der Waals surface area (Å²) in [6.45, 7) is 5.10. The van der Waals surface area contributed by atoms with Crippen molar-refractivity contribution < 1.29 is 14.3 Å². The van der Waals surface area contributed by atoms with E-state index in [0.29, 0.717) is 35.7 Å². The molecule has 2 aromatic carbocycles. The molecule has 0 bridgehead atoms. The molecule has 0 atom stereocenters. The molecule has 126 valence electrons. The number of benzene rings is 2. The third-order valence-corrected chi connectivity index (χ3v) is 3.79. The van der Waals surface area contributed by atoms with Crippen LogP contribution in [-0.4, -0.2) is 36.9 Å². The van der Waals surface area contributed by atoms with Gasteiger partial charge < -0.3 is 15.0 Å². The van der Waals surface area contributed by atoms with Crippen molar-refractivity contribution in [1.82, 2.24) is 4.90 Å². The van der Waals surface area contributed by atoms with Crippen molar-refractivity contribution in [3.8, 4) is 5.75 Å². The summed E-state index contributed by atoms with van der Waals surface area (Å²) in [4.78, 5) is 26.8. The molecule has 1 N–H and O–H groups in total. The SMILES string of the molecule is CCN(CC)C(=O)c1ccccc1NC(=O)c1cccc(OC)c1. The lowest BCUT2D eigenvalue weighted by Crippen LogP contribution is -2.31. The first-order valence-corrected chi connectivity index (χ1v) is 7.94. The van der Waals surface area contributed by atoms with Gasteiger partial charge in [0.1, 0.15) is 5.75 Å². The van der Waals surface area contributed by atoms with Gasteiger partial charge in [0.25, 0.3) is 11.8 Å². The van der Waals surface area contributed by atoms with E-state index in [2.05, 4.69) is 5.32 Å². The fraction of sp³-hybridized carbons (Fsp3) is 0.263. The number of nitrogens with zero attached hydrogens (tertiary/aromatic N) is 1. The molecule has 0 aliphatic heterocycles. The summed E-state index contributed by atoms with van der Waals surface area (Å²) >= 11 is 0. The summed E-state index contributed by atoms with van der Waals surface area (Å²) < 4.78 is 5.14. The number of hydrogen-bond acceptors (Lipinski definition) is 3. The predicted octanol–water partition coefficient (Wildman–Crippen LogP) is 3.43. The molecule has 0 aliphatic rings. The van der Waals surface area contributed by atoms with Crippen molar-refractivity contribution in [1.29, 1.82) is 0 Å². The third-order valence-electron chi connectivity index (χ3n) is 3.79. The highest BCUT2D eigenvalue weighted by Crippen LogP contribution is 2.19. The smallest absolute Gasteiger partial charge is 0.255 e. The molecular formula is C19H22N2O3. The van der Waals surface area contributed by atoms with Gasteiger partial charge in [-0.25, -0.2) is 0 Å². The Morgan fingerprint density at radius 3 is 2.42 bits per heavy atom. The molecule has 5 heteroatoms. The molecular weight excluding hydrogens is 304 g/mol. The van der Waals surface area contributed by atoms with Crippen molar-refractivity contribution in [2.75, 3.05) is 25.5 Å². The summed E-state index contributed by atoms with van der Waals surface area (Å²) in [6, 6.07) is 13.9. The largest absolute Gasteiger partial charge is 0.497 e. The normalized spacial score (nSPS) is 10.1. The van der Waals surface area contributed by atoms with E-state index < -0.39 is 0 Å². The van der Waals surface area contributed by atoms with E-state index in [9.17, 15) is 9.59 Å². The number of carbonyl (C=O) groups excluding carboxylic acids is 2. The molecule has 0 radical (unpaired) electrons. The van der Waals surface area contributed by atoms with E-state index in [-0.39, 0.29) is 11.8 Å². The zero-order valence-electron chi connectivity index (χ0n) is 14.2. The van der Waals surface area contributed by atoms with Gasteiger partial charge >= 0.3 is 0 Å². The number of hydrogen-bond donors (Lipinski definition) is 1. The Labute approximate surface area is 142 Å². The number of carbonyl (C=O) groups is 2. The number of anilines is 1. The van der Waals surface area contributed by atoms with Crippen molar-refractivity contribution in [3.63, 3.8) is 0 Å². The summed E-state index contributed by atoms with van der Waals surface area (Å²) in [5.41, 5.74) is 1.46. The van der Waals surface area contributed by atoms with Gasteiger partial charge in [0.15, 0.2) is 0 Å². The molecule has 0 heterocycles. The van der Waals surface area contributed by atoms with Crippen molar-refractivity contribution in [3.05, 3.63) is 59.7 Å². The van der Waals surface area contributed by atoms with E-state index in [1.165, 1.54) is 0 Å². The van der Waals surface area contributed by atoms with E-state index in [0.717, 1.165) is 0 Å². The number of nitrogens with one attached hydrogen (secondary N) is 1. The molecule has 5 nitrogen and oxygen atoms in total. The number of amides is 2. The van der Waals surface area contributed by atoms with Crippen molar-refractivity contribution >= 4 is 17.5 Å². The molecule has 0 saturated carbocycles. The minimum Gasteiger partial charge on any atom is -0.497 e. The standard InChI is InChI=1S/C19H22N2O3/c1-4-21(5-2)19(23)16-11-6-7-12-17(16)20-18(22)14-9-8-10-15(13-14)24-3/h6-13H,4-5H2,1-3H3,(H,20,22). The average Bonchev–Trinajstić information content (AvgIpc) is 2.63. The maximum absolute atomic E-state index is 12.6. The molecule has 24 heavy (non-hydrogen) atoms. The first-order chi connectivity index (χ1) is 11.6. The quantitative estimate of drug-likeness (QED) is 0.885. The van der Waals surface area contributed by atoms with Gasteiger partial charge in [-0.1, -0.05) is 18.2 Å². The van der Waals surface area contributed by atoms with Crippen LogP contribution in [0.15, 0.2) is 48.5 Å². The Balaban J connectivity index is 2.26. The molecule has 2 aromatic rings. The Kier molecular flexibility index (Phi) is 5.95. The summed E-state index contributed by atoms with van der Waals surface area (Å²) in [5, 5.41) is 2.82. The molecule has 0 aliphatic carbocycles. The average molecular weight is 326 g/mol. The van der Waals surface area contributed by atoms with Gasteiger partial charge in [0, 0.05) is 18.7 Å². The Morgan fingerprint density at radius 1 is 1.04 bits per heavy atom. The molecule has 0 fully saturated rings. The summed E-state index contributed by atoms with van der Waals surface area (Å²) in [6.07, 6.45) is 0. The van der Waals surface area contributed by atoms with E-state index in [4.69, 9.17) is 4.74 Å². The first kappa shape index (κ1) is 17.5. The van der Waals surface area contributed by atoms with Gasteiger partial charge in [-0.2, -0.15) is 0 Å². The van der Waals surface area contributed by atoms with E-state index in [1.807, 2.05) is 13.8 Å². The van der Waals surface area contributed by atoms with Crippen molar-refractivity contribution in [2.24, 2.45) is 0 Å². The first-order valence-electron chi connectivity index (χ1n) is 7.94. The second-order valence-electron chi connectivity index (χ2n) is 5.21. The highest BCUT2D eigenvalue weighted by atomic mass is 16.5. The van der Waals surface area contributed by atoms with Crippen LogP contribution in [-0.2, 0) is 0 Å². The second-order valence-corrected chi connectivity index (χ2v) is 5.21. The topological polar surface area (TPSA) is 58.6 Å². The lowest BCUT2D eigenvalue weighted by molar-refractivity contribution is 0.0774. The van der Waals surface area contributed by atoms with Crippen LogP contribution in [0.2, 0.25) is 0 Å². The monoisotopic (exact) mass is 326 g/mol. The molecule has 2 amide bonds. The predicted molar refractivity (Wildman–Crippen MR) is 94.6 cm³/mol. The molecule has 0 saturated heterocycles. The molecule has 0 aromatic heterocycles. The van der Waals surface area contributed by atoms with Crippen LogP contribution in [0, 0.1) is 0 Å². The minimum absolute atomic E-state index is 0.0958. The zero-order chi connectivity index (χ0) is 17.5. The second kappa shape index (κ2) is 8.15. The summed E-state index contributed by atoms with van der Waals surface area (Å²) in [5.74, 6) is 0.227. The number of rotatable bonds is 6. The van der Waals surface area contributed by atoms with Crippen LogP contribution < -0.4 is 10.1 Å². The van der Waals surface area contributed by atoms with Crippen LogP contribution in [0.25, 0.3) is 0 Å². The lowest BCUT2D eigenvalue weighted by atomic mass is 10.1. The number of ether oxygens (including phenoxy) is 1. The Hall–Kier alpha value is -2.82. The number of methoxy groups -OCH3 is 1. The molecule has 2 rings (SSSR count). The maximum atomic E-state index is 12.6. The highest BCUT2D eigenvalue weighted by molar-refractivity contribution is 6.09. The van der Waals surface area contributed by atoms with Gasteiger partial charge in [-0.15, -0.1) is 0 Å².